The fourth-order valence-electron chi connectivity index (χ4n) is 3.97. The second-order valence-corrected chi connectivity index (χ2v) is 7.87. The number of aliphatic carboxylic acids is 1. The average Bonchev–Trinajstić information content (AvgIpc) is 2.93. The topological polar surface area (TPSA) is 77.8 Å². The molecule has 3 rings (SSSR count). The van der Waals surface area contributed by atoms with Gasteiger partial charge in [-0.25, -0.2) is 4.79 Å². The number of quaternary nitrogens is 1. The van der Waals surface area contributed by atoms with Gasteiger partial charge in [0, 0.05) is 24.2 Å². The Morgan fingerprint density at radius 3 is 2.57 bits per heavy atom. The summed E-state index contributed by atoms with van der Waals surface area (Å²) in [5.74, 6) is -0.592. The maximum absolute atomic E-state index is 11.9. The van der Waals surface area contributed by atoms with E-state index in [4.69, 9.17) is 0 Å². The van der Waals surface area contributed by atoms with Gasteiger partial charge in [-0.2, -0.15) is 0 Å². The average molecular weight is 339 g/mol. The summed E-state index contributed by atoms with van der Waals surface area (Å²) in [5, 5.41) is 19.4. The van der Waals surface area contributed by atoms with Gasteiger partial charge >= 0.3 is 5.97 Å². The number of nitrogens with zero attached hydrogens (tertiary/aromatic N) is 2. The molecule has 0 radical (unpaired) electrons. The SMILES string of the molecule is C/C(CO)=C(\C1=C(C(=O)O)N2C(=O)CC2SC1)[N+]1(C)CCCC1. The number of hydrogen-bond acceptors (Lipinski definition) is 4. The molecule has 1 atom stereocenters. The number of thioether (sulfide) groups is 1. The first-order valence-corrected chi connectivity index (χ1v) is 9.00. The van der Waals surface area contributed by atoms with Crippen LogP contribution in [-0.2, 0) is 9.59 Å². The lowest BCUT2D eigenvalue weighted by Crippen LogP contribution is -2.55. The third kappa shape index (κ3) is 2.60. The lowest BCUT2D eigenvalue weighted by Gasteiger charge is -2.45. The molecule has 0 aromatic rings. The van der Waals surface area contributed by atoms with E-state index >= 15 is 0 Å². The Kier molecular flexibility index (Phi) is 4.29. The predicted octanol–water partition coefficient (Wildman–Crippen LogP) is 1.14. The third-order valence-corrected chi connectivity index (χ3v) is 6.29. The second kappa shape index (κ2) is 5.96. The van der Waals surface area contributed by atoms with Gasteiger partial charge in [-0.3, -0.25) is 14.2 Å². The van der Waals surface area contributed by atoms with Crippen LogP contribution in [-0.4, -0.2) is 69.3 Å². The zero-order chi connectivity index (χ0) is 16.8. The first kappa shape index (κ1) is 16.5. The van der Waals surface area contributed by atoms with Crippen LogP contribution in [0.3, 0.4) is 0 Å². The largest absolute Gasteiger partial charge is 0.477 e. The second-order valence-electron chi connectivity index (χ2n) is 6.70. The summed E-state index contributed by atoms with van der Waals surface area (Å²) in [6.45, 7) is 3.64. The zero-order valence-corrected chi connectivity index (χ0v) is 14.4. The van der Waals surface area contributed by atoms with Gasteiger partial charge in [-0.15, -0.1) is 11.8 Å². The van der Waals surface area contributed by atoms with Crippen LogP contribution in [0.4, 0.5) is 0 Å². The number of carboxylic acid groups (broad SMARTS) is 1. The minimum Gasteiger partial charge on any atom is -0.477 e. The number of carboxylic acids is 1. The molecule has 3 aliphatic rings. The lowest BCUT2D eigenvalue weighted by atomic mass is 10.0. The number of allylic oxidation sites excluding steroid dienone is 1. The maximum atomic E-state index is 11.9. The minimum atomic E-state index is -1.05. The number of hydrogen-bond donors (Lipinski definition) is 2. The van der Waals surface area contributed by atoms with E-state index in [2.05, 4.69) is 7.05 Å². The molecule has 3 aliphatic heterocycles. The molecular formula is C16H23N2O4S+. The summed E-state index contributed by atoms with van der Waals surface area (Å²) >= 11 is 1.62. The molecule has 1 amide bonds. The number of β-lactam (4-membered cyclic amide) rings is 1. The zero-order valence-electron chi connectivity index (χ0n) is 13.5. The number of carbonyl (C=O) groups excluding carboxylic acids is 1. The Morgan fingerprint density at radius 1 is 1.39 bits per heavy atom. The fourth-order valence-corrected chi connectivity index (χ4v) is 5.24. The molecule has 3 heterocycles. The summed E-state index contributed by atoms with van der Waals surface area (Å²) in [5.41, 5.74) is 2.55. The van der Waals surface area contributed by atoms with Crippen molar-refractivity contribution in [3.63, 3.8) is 0 Å². The molecule has 126 valence electrons. The van der Waals surface area contributed by atoms with Gasteiger partial charge < -0.3 is 10.2 Å². The molecule has 0 spiro atoms. The van der Waals surface area contributed by atoms with Gasteiger partial charge in [0.05, 0.1) is 44.1 Å². The van der Waals surface area contributed by atoms with E-state index in [1.54, 1.807) is 11.8 Å². The predicted molar refractivity (Wildman–Crippen MR) is 87.3 cm³/mol. The Morgan fingerprint density at radius 2 is 2.04 bits per heavy atom. The first-order valence-electron chi connectivity index (χ1n) is 7.95. The van der Waals surface area contributed by atoms with Crippen molar-refractivity contribution in [2.45, 2.75) is 31.6 Å². The molecule has 2 saturated heterocycles. The van der Waals surface area contributed by atoms with Crippen molar-refractivity contribution < 1.29 is 24.3 Å². The molecule has 0 aromatic carbocycles. The monoisotopic (exact) mass is 339 g/mol. The number of rotatable bonds is 4. The van der Waals surface area contributed by atoms with Crippen molar-refractivity contribution >= 4 is 23.6 Å². The Balaban J connectivity index is 2.15. The van der Waals surface area contributed by atoms with Crippen LogP contribution < -0.4 is 0 Å². The van der Waals surface area contributed by atoms with Crippen molar-refractivity contribution in [2.75, 3.05) is 32.5 Å². The van der Waals surface area contributed by atoms with Crippen LogP contribution in [0.25, 0.3) is 0 Å². The highest BCUT2D eigenvalue weighted by molar-refractivity contribution is 8.00. The van der Waals surface area contributed by atoms with E-state index in [0.29, 0.717) is 22.2 Å². The highest BCUT2D eigenvalue weighted by Gasteiger charge is 2.48. The normalized spacial score (nSPS) is 27.5. The molecule has 1 unspecified atom stereocenters. The molecule has 7 heteroatoms. The number of likely N-dealkylation sites (tertiary alicyclic amines) is 1. The molecule has 0 aliphatic carbocycles. The van der Waals surface area contributed by atoms with Crippen LogP contribution in [0, 0.1) is 0 Å². The van der Waals surface area contributed by atoms with Gasteiger partial charge in [0.25, 0.3) is 0 Å². The summed E-state index contributed by atoms with van der Waals surface area (Å²) in [6.07, 6.45) is 2.60. The number of aliphatic hydroxyl groups is 1. The van der Waals surface area contributed by atoms with Gasteiger partial charge in [0.15, 0.2) is 0 Å². The van der Waals surface area contributed by atoms with E-state index < -0.39 is 5.97 Å². The summed E-state index contributed by atoms with van der Waals surface area (Å²) in [6, 6.07) is 0. The Labute approximate surface area is 140 Å². The van der Waals surface area contributed by atoms with E-state index in [1.807, 2.05) is 6.92 Å². The highest BCUT2D eigenvalue weighted by atomic mass is 32.2. The van der Waals surface area contributed by atoms with Crippen molar-refractivity contribution in [3.05, 3.63) is 22.5 Å². The van der Waals surface area contributed by atoms with Crippen LogP contribution in [0.2, 0.25) is 0 Å². The summed E-state index contributed by atoms with van der Waals surface area (Å²) in [7, 11) is 2.10. The van der Waals surface area contributed by atoms with Crippen molar-refractivity contribution in [1.29, 1.82) is 0 Å². The first-order chi connectivity index (χ1) is 10.9. The van der Waals surface area contributed by atoms with Crippen molar-refractivity contribution in [3.8, 4) is 0 Å². The molecule has 0 aromatic heterocycles. The van der Waals surface area contributed by atoms with Crippen molar-refractivity contribution in [2.24, 2.45) is 0 Å². The number of amides is 1. The molecule has 23 heavy (non-hydrogen) atoms. The van der Waals surface area contributed by atoms with Crippen LogP contribution >= 0.6 is 11.8 Å². The molecule has 2 N–H and O–H groups in total. The van der Waals surface area contributed by atoms with E-state index in [9.17, 15) is 19.8 Å². The summed E-state index contributed by atoms with van der Waals surface area (Å²) in [4.78, 5) is 25.2. The molecule has 2 fully saturated rings. The molecule has 0 saturated carbocycles. The summed E-state index contributed by atoms with van der Waals surface area (Å²) < 4.78 is 0.645. The van der Waals surface area contributed by atoms with E-state index in [1.165, 1.54) is 4.90 Å². The number of fused-ring (bicyclic) bond motifs is 1. The minimum absolute atomic E-state index is 0.0445. The molecular weight excluding hydrogens is 316 g/mol. The van der Waals surface area contributed by atoms with Crippen LogP contribution in [0.1, 0.15) is 26.2 Å². The quantitative estimate of drug-likeness (QED) is 0.593. The van der Waals surface area contributed by atoms with Crippen LogP contribution in [0.5, 0.6) is 0 Å². The maximum Gasteiger partial charge on any atom is 0.353 e. The van der Waals surface area contributed by atoms with Crippen molar-refractivity contribution in [1.82, 2.24) is 4.90 Å². The standard InChI is InChI=1S/C16H22N2O4S/c1-10(8-19)15(18(2)5-3-4-6-18)11-9-23-13-7-12(20)17(13)14(11)16(21)22/h13,19H,3-9H2,1-2H3/p+1/b15-10-. The fraction of sp³-hybridized carbons (Fsp3) is 0.625. The smallest absolute Gasteiger partial charge is 0.353 e. The van der Waals surface area contributed by atoms with E-state index in [-0.39, 0.29) is 23.6 Å². The highest BCUT2D eigenvalue weighted by Crippen LogP contribution is 2.44. The van der Waals surface area contributed by atoms with Crippen LogP contribution in [0.15, 0.2) is 22.5 Å². The number of carbonyl (C=O) groups is 2. The molecule has 0 bridgehead atoms. The Bertz CT molecular complexity index is 620. The van der Waals surface area contributed by atoms with E-state index in [0.717, 1.165) is 37.2 Å². The molecule has 6 nitrogen and oxygen atoms in total. The van der Waals surface area contributed by atoms with Gasteiger partial charge in [-0.05, 0) is 6.92 Å². The van der Waals surface area contributed by atoms with Gasteiger partial charge in [-0.1, -0.05) is 0 Å². The van der Waals surface area contributed by atoms with Gasteiger partial charge in [0.2, 0.25) is 5.91 Å². The Hall–Kier alpha value is -1.31. The third-order valence-electron chi connectivity index (χ3n) is 5.08. The number of likely N-dealkylation sites (N-methyl/N-ethyl adjacent to an activating group) is 1. The lowest BCUT2D eigenvalue weighted by molar-refractivity contribution is -0.858. The number of aliphatic hydroxyl groups excluding tert-OH is 1. The van der Waals surface area contributed by atoms with Gasteiger partial charge in [0.1, 0.15) is 11.4 Å².